The first-order chi connectivity index (χ1) is 5.46. The van der Waals surface area contributed by atoms with E-state index in [0.29, 0.717) is 5.69 Å². The van der Waals surface area contributed by atoms with E-state index in [1.165, 1.54) is 0 Å². The van der Waals surface area contributed by atoms with Crippen molar-refractivity contribution in [2.24, 2.45) is 0 Å². The molecule has 64 valence electrons. The Bertz CT molecular complexity index is 323. The first-order valence-corrected chi connectivity index (χ1v) is 3.92. The third kappa shape index (κ3) is 1.33. The lowest BCUT2D eigenvalue weighted by atomic mass is 10.1. The lowest BCUT2D eigenvalue weighted by Gasteiger charge is -2.20. The van der Waals surface area contributed by atoms with E-state index in [1.807, 2.05) is 27.7 Å². The Morgan fingerprint density at radius 1 is 1.50 bits per heavy atom. The largest absolute Gasteiger partial charge is 0.249 e. The van der Waals surface area contributed by atoms with E-state index in [4.69, 9.17) is 5.26 Å². The van der Waals surface area contributed by atoms with Crippen LogP contribution >= 0.6 is 0 Å². The number of nitrogens with zero attached hydrogens (tertiary/aromatic N) is 3. The zero-order valence-corrected chi connectivity index (χ0v) is 7.92. The highest BCUT2D eigenvalue weighted by molar-refractivity contribution is 5.29. The predicted molar refractivity (Wildman–Crippen MR) is 46.7 cm³/mol. The molecule has 1 rings (SSSR count). The fraction of sp³-hybridized carbons (Fsp3) is 0.556. The standard InChI is InChI=1S/C9H13N3/c1-7-6-11-12(8(7)5-10)9(2,3)4/h6H,1-4H3. The van der Waals surface area contributed by atoms with Crippen LogP contribution in [0.4, 0.5) is 0 Å². The van der Waals surface area contributed by atoms with Crippen molar-refractivity contribution in [3.05, 3.63) is 17.5 Å². The molecule has 0 saturated carbocycles. The molecule has 0 amide bonds. The minimum absolute atomic E-state index is 0.112. The van der Waals surface area contributed by atoms with Crippen LogP contribution in [-0.2, 0) is 5.54 Å². The van der Waals surface area contributed by atoms with E-state index in [-0.39, 0.29) is 5.54 Å². The molecule has 0 saturated heterocycles. The SMILES string of the molecule is Cc1cnn(C(C)(C)C)c1C#N. The normalized spacial score (nSPS) is 11.2. The van der Waals surface area contributed by atoms with E-state index in [9.17, 15) is 0 Å². The van der Waals surface area contributed by atoms with Gasteiger partial charge in [-0.15, -0.1) is 0 Å². The summed E-state index contributed by atoms with van der Waals surface area (Å²) in [5, 5.41) is 13.0. The molecule has 0 unspecified atom stereocenters. The molecule has 1 aromatic heterocycles. The molecular formula is C9H13N3. The van der Waals surface area contributed by atoms with Crippen LogP contribution in [0.5, 0.6) is 0 Å². The summed E-state index contributed by atoms with van der Waals surface area (Å²) in [6.07, 6.45) is 1.73. The van der Waals surface area contributed by atoms with Crippen LogP contribution in [0.25, 0.3) is 0 Å². The lowest BCUT2D eigenvalue weighted by Crippen LogP contribution is -2.24. The van der Waals surface area contributed by atoms with E-state index < -0.39 is 0 Å². The highest BCUT2D eigenvalue weighted by Gasteiger charge is 2.18. The molecule has 0 atom stereocenters. The van der Waals surface area contributed by atoms with Gasteiger partial charge in [-0.2, -0.15) is 10.4 Å². The van der Waals surface area contributed by atoms with Gasteiger partial charge in [0.25, 0.3) is 0 Å². The number of nitriles is 1. The van der Waals surface area contributed by atoms with E-state index >= 15 is 0 Å². The Hall–Kier alpha value is -1.30. The summed E-state index contributed by atoms with van der Waals surface area (Å²) in [6, 6.07) is 2.15. The van der Waals surface area contributed by atoms with Gasteiger partial charge in [0.2, 0.25) is 0 Å². The van der Waals surface area contributed by atoms with Gasteiger partial charge in [0.05, 0.1) is 11.7 Å². The molecular weight excluding hydrogens is 150 g/mol. The summed E-state index contributed by atoms with van der Waals surface area (Å²) in [6.45, 7) is 7.98. The molecule has 0 bridgehead atoms. The van der Waals surface area contributed by atoms with Crippen molar-refractivity contribution in [2.75, 3.05) is 0 Å². The minimum Gasteiger partial charge on any atom is -0.249 e. The molecule has 0 radical (unpaired) electrons. The van der Waals surface area contributed by atoms with E-state index in [0.717, 1.165) is 5.56 Å². The second-order valence-electron chi connectivity index (χ2n) is 3.87. The average molecular weight is 163 g/mol. The van der Waals surface area contributed by atoms with Crippen molar-refractivity contribution in [1.29, 1.82) is 5.26 Å². The van der Waals surface area contributed by atoms with Crippen LogP contribution in [0.3, 0.4) is 0 Å². The average Bonchev–Trinajstić information content (AvgIpc) is 2.29. The first-order valence-electron chi connectivity index (χ1n) is 3.92. The number of aryl methyl sites for hydroxylation is 1. The topological polar surface area (TPSA) is 41.6 Å². The molecule has 3 nitrogen and oxygen atoms in total. The highest BCUT2D eigenvalue weighted by atomic mass is 15.3. The minimum atomic E-state index is -0.112. The summed E-state index contributed by atoms with van der Waals surface area (Å²) < 4.78 is 1.75. The molecule has 0 spiro atoms. The molecule has 3 heteroatoms. The van der Waals surface area contributed by atoms with Gasteiger partial charge in [0.1, 0.15) is 11.8 Å². The van der Waals surface area contributed by atoms with Gasteiger partial charge >= 0.3 is 0 Å². The predicted octanol–water partition coefficient (Wildman–Crippen LogP) is 1.82. The number of hydrogen-bond acceptors (Lipinski definition) is 2. The van der Waals surface area contributed by atoms with Crippen LogP contribution in [0.1, 0.15) is 32.0 Å². The molecule has 1 aromatic rings. The third-order valence-corrected chi connectivity index (χ3v) is 1.69. The maximum absolute atomic E-state index is 8.84. The Labute approximate surface area is 72.6 Å². The Morgan fingerprint density at radius 2 is 2.08 bits per heavy atom. The van der Waals surface area contributed by atoms with Gasteiger partial charge in [-0.1, -0.05) is 0 Å². The zero-order valence-electron chi connectivity index (χ0n) is 7.92. The first kappa shape index (κ1) is 8.79. The Balaban J connectivity index is 3.28. The van der Waals surface area contributed by atoms with Crippen LogP contribution in [0.15, 0.2) is 6.20 Å². The van der Waals surface area contributed by atoms with Gasteiger partial charge in [-0.25, -0.2) is 4.68 Å². The molecule has 0 N–H and O–H groups in total. The van der Waals surface area contributed by atoms with Crippen LogP contribution in [0.2, 0.25) is 0 Å². The van der Waals surface area contributed by atoms with Crippen LogP contribution < -0.4 is 0 Å². The number of aromatic nitrogens is 2. The van der Waals surface area contributed by atoms with Gasteiger partial charge in [-0.05, 0) is 27.7 Å². The molecule has 1 heterocycles. The van der Waals surface area contributed by atoms with Crippen molar-refractivity contribution in [1.82, 2.24) is 9.78 Å². The van der Waals surface area contributed by atoms with Crippen molar-refractivity contribution in [3.63, 3.8) is 0 Å². The van der Waals surface area contributed by atoms with Gasteiger partial charge < -0.3 is 0 Å². The zero-order chi connectivity index (χ0) is 9.35. The Kier molecular flexibility index (Phi) is 1.93. The highest BCUT2D eigenvalue weighted by Crippen LogP contribution is 2.17. The number of rotatable bonds is 0. The summed E-state index contributed by atoms with van der Waals surface area (Å²) in [7, 11) is 0. The molecule has 0 aromatic carbocycles. The van der Waals surface area contributed by atoms with Gasteiger partial charge in [0.15, 0.2) is 0 Å². The second-order valence-corrected chi connectivity index (χ2v) is 3.87. The van der Waals surface area contributed by atoms with Crippen molar-refractivity contribution in [3.8, 4) is 6.07 Å². The maximum atomic E-state index is 8.84. The van der Waals surface area contributed by atoms with E-state index in [1.54, 1.807) is 10.9 Å². The summed E-state index contributed by atoms with van der Waals surface area (Å²) >= 11 is 0. The quantitative estimate of drug-likeness (QED) is 0.585. The fourth-order valence-corrected chi connectivity index (χ4v) is 1.07. The Morgan fingerprint density at radius 3 is 2.42 bits per heavy atom. The van der Waals surface area contributed by atoms with Crippen molar-refractivity contribution in [2.45, 2.75) is 33.2 Å². The molecule has 12 heavy (non-hydrogen) atoms. The van der Waals surface area contributed by atoms with Crippen LogP contribution in [-0.4, -0.2) is 9.78 Å². The van der Waals surface area contributed by atoms with E-state index in [2.05, 4.69) is 11.2 Å². The summed E-state index contributed by atoms with van der Waals surface area (Å²) in [4.78, 5) is 0. The number of hydrogen-bond donors (Lipinski definition) is 0. The molecule has 0 aliphatic carbocycles. The lowest BCUT2D eigenvalue weighted by molar-refractivity contribution is 0.352. The van der Waals surface area contributed by atoms with Crippen LogP contribution in [0, 0.1) is 18.3 Å². The summed E-state index contributed by atoms with van der Waals surface area (Å²) in [5.41, 5.74) is 1.48. The molecule has 0 aliphatic rings. The summed E-state index contributed by atoms with van der Waals surface area (Å²) in [5.74, 6) is 0. The fourth-order valence-electron chi connectivity index (χ4n) is 1.07. The molecule has 0 aliphatic heterocycles. The smallest absolute Gasteiger partial charge is 0.141 e. The molecule has 0 fully saturated rings. The monoisotopic (exact) mass is 163 g/mol. The van der Waals surface area contributed by atoms with Crippen molar-refractivity contribution >= 4 is 0 Å². The van der Waals surface area contributed by atoms with Gasteiger partial charge in [-0.3, -0.25) is 0 Å². The second kappa shape index (κ2) is 2.63. The van der Waals surface area contributed by atoms with Crippen molar-refractivity contribution < 1.29 is 0 Å². The third-order valence-electron chi connectivity index (χ3n) is 1.69. The van der Waals surface area contributed by atoms with Gasteiger partial charge in [0, 0.05) is 5.56 Å². The maximum Gasteiger partial charge on any atom is 0.141 e.